The van der Waals surface area contributed by atoms with Crippen LogP contribution in [-0.4, -0.2) is 30.9 Å². The fourth-order valence-electron chi connectivity index (χ4n) is 3.99. The molecule has 3 aromatic rings. The Labute approximate surface area is 195 Å². The van der Waals surface area contributed by atoms with Gasteiger partial charge in [-0.2, -0.15) is 0 Å². The predicted molar refractivity (Wildman–Crippen MR) is 121 cm³/mol. The first-order chi connectivity index (χ1) is 16.3. The van der Waals surface area contributed by atoms with Crippen molar-refractivity contribution in [3.05, 3.63) is 82.9 Å². The van der Waals surface area contributed by atoms with Crippen LogP contribution in [0.3, 0.4) is 0 Å². The van der Waals surface area contributed by atoms with Crippen molar-refractivity contribution in [3.63, 3.8) is 0 Å². The number of hydrogen-bond acceptors (Lipinski definition) is 6. The van der Waals surface area contributed by atoms with Crippen LogP contribution in [0.5, 0.6) is 11.5 Å². The molecular formula is C26H23F2NO5. The molecule has 3 aromatic carbocycles. The fraction of sp³-hybridized carbons (Fsp3) is 0.269. The number of ketones is 1. The van der Waals surface area contributed by atoms with Gasteiger partial charge in [0.15, 0.2) is 11.6 Å². The lowest BCUT2D eigenvalue weighted by Gasteiger charge is -2.17. The zero-order valence-electron chi connectivity index (χ0n) is 18.7. The third-order valence-corrected chi connectivity index (χ3v) is 5.64. The van der Waals surface area contributed by atoms with E-state index in [4.69, 9.17) is 18.9 Å². The second kappa shape index (κ2) is 8.70. The van der Waals surface area contributed by atoms with Crippen LogP contribution in [0, 0.1) is 11.6 Å². The van der Waals surface area contributed by atoms with Gasteiger partial charge in [0.25, 0.3) is 0 Å². The van der Waals surface area contributed by atoms with Crippen LogP contribution in [0.1, 0.15) is 35.3 Å². The van der Waals surface area contributed by atoms with Gasteiger partial charge in [-0.15, -0.1) is 0 Å². The Morgan fingerprint density at radius 2 is 1.88 bits per heavy atom. The van der Waals surface area contributed by atoms with Crippen LogP contribution in [0.25, 0.3) is 0 Å². The summed E-state index contributed by atoms with van der Waals surface area (Å²) >= 11 is 0. The number of halogens is 2. The van der Waals surface area contributed by atoms with E-state index in [0.717, 1.165) is 12.1 Å². The van der Waals surface area contributed by atoms with Gasteiger partial charge in [-0.05, 0) is 56.3 Å². The highest BCUT2D eigenvalue weighted by Crippen LogP contribution is 2.34. The quantitative estimate of drug-likeness (QED) is 0.545. The largest absolute Gasteiger partial charge is 0.491 e. The van der Waals surface area contributed by atoms with Crippen LogP contribution >= 0.6 is 0 Å². The predicted octanol–water partition coefficient (Wildman–Crippen LogP) is 5.36. The third-order valence-electron chi connectivity index (χ3n) is 5.64. The van der Waals surface area contributed by atoms with Crippen LogP contribution < -0.4 is 14.8 Å². The summed E-state index contributed by atoms with van der Waals surface area (Å²) in [5, 5.41) is 2.89. The Kier molecular flexibility index (Phi) is 5.71. The SMILES string of the molecule is CC1(C)OC[C@@H](COc2ccc3c(c2)COc2cc(Nc4ccc(F)cc4F)ccc2C3=O)O1. The highest BCUT2D eigenvalue weighted by atomic mass is 19.1. The highest BCUT2D eigenvalue weighted by Gasteiger charge is 2.33. The zero-order chi connectivity index (χ0) is 23.9. The maximum Gasteiger partial charge on any atom is 0.197 e. The average Bonchev–Trinajstić information content (AvgIpc) is 3.09. The molecular weight excluding hydrogens is 444 g/mol. The Morgan fingerprint density at radius 1 is 1.06 bits per heavy atom. The first-order valence-electron chi connectivity index (χ1n) is 10.9. The molecule has 0 amide bonds. The summed E-state index contributed by atoms with van der Waals surface area (Å²) in [6, 6.07) is 13.4. The second-order valence-corrected chi connectivity index (χ2v) is 8.66. The number of fused-ring (bicyclic) bond motifs is 2. The Morgan fingerprint density at radius 3 is 2.65 bits per heavy atom. The van der Waals surface area contributed by atoms with Gasteiger partial charge in [0.2, 0.25) is 0 Å². The highest BCUT2D eigenvalue weighted by molar-refractivity contribution is 6.12. The van der Waals surface area contributed by atoms with Crippen molar-refractivity contribution in [3.8, 4) is 11.5 Å². The second-order valence-electron chi connectivity index (χ2n) is 8.66. The molecule has 5 rings (SSSR count). The summed E-state index contributed by atoms with van der Waals surface area (Å²) in [4.78, 5) is 13.2. The summed E-state index contributed by atoms with van der Waals surface area (Å²) in [5.41, 5.74) is 2.25. The molecule has 0 bridgehead atoms. The van der Waals surface area contributed by atoms with Gasteiger partial charge in [-0.1, -0.05) is 0 Å². The van der Waals surface area contributed by atoms with Gasteiger partial charge >= 0.3 is 0 Å². The van der Waals surface area contributed by atoms with E-state index in [9.17, 15) is 13.6 Å². The molecule has 8 heteroatoms. The molecule has 176 valence electrons. The first kappa shape index (κ1) is 22.3. The summed E-state index contributed by atoms with van der Waals surface area (Å²) in [6.07, 6.45) is -0.173. The molecule has 2 aliphatic rings. The standard InChI is InChI=1S/C26H23F2NO5/c1-26(2)33-14-19(34-26)13-31-18-5-7-20-15(9-18)12-32-24-11-17(4-6-21(24)25(20)30)29-23-8-3-16(27)10-22(23)28/h3-11,19,29H,12-14H2,1-2H3/t19-/m1/s1. The van der Waals surface area contributed by atoms with Crippen LogP contribution in [0.15, 0.2) is 54.6 Å². The minimum Gasteiger partial charge on any atom is -0.491 e. The summed E-state index contributed by atoms with van der Waals surface area (Å²) in [6.45, 7) is 4.65. The number of carbonyl (C=O) groups excluding carboxylic acids is 1. The number of rotatable bonds is 5. The van der Waals surface area contributed by atoms with E-state index >= 15 is 0 Å². The molecule has 0 saturated carbocycles. The van der Waals surface area contributed by atoms with Crippen LogP contribution in [0.4, 0.5) is 20.2 Å². The van der Waals surface area contributed by atoms with Crippen molar-refractivity contribution in [2.45, 2.75) is 32.3 Å². The van der Waals surface area contributed by atoms with Gasteiger partial charge in [0, 0.05) is 28.9 Å². The smallest absolute Gasteiger partial charge is 0.197 e. The third kappa shape index (κ3) is 4.60. The topological polar surface area (TPSA) is 66.0 Å². The average molecular weight is 467 g/mol. The molecule has 0 radical (unpaired) electrons. The van der Waals surface area contributed by atoms with Gasteiger partial charge in [0.1, 0.15) is 42.5 Å². The van der Waals surface area contributed by atoms with Crippen LogP contribution in [0.2, 0.25) is 0 Å². The minimum atomic E-state index is -0.718. The van der Waals surface area contributed by atoms with Gasteiger partial charge in [-0.3, -0.25) is 4.79 Å². The Bertz CT molecular complexity index is 1260. The first-order valence-corrected chi connectivity index (χ1v) is 10.9. The molecule has 1 fully saturated rings. The molecule has 6 nitrogen and oxygen atoms in total. The minimum absolute atomic E-state index is 0.117. The van der Waals surface area contributed by atoms with E-state index in [1.54, 1.807) is 36.4 Å². The van der Waals surface area contributed by atoms with Crippen molar-refractivity contribution >= 4 is 17.2 Å². The summed E-state index contributed by atoms with van der Waals surface area (Å²) in [7, 11) is 0. The molecule has 1 saturated heterocycles. The van der Waals surface area contributed by atoms with E-state index in [1.165, 1.54) is 6.07 Å². The molecule has 2 aliphatic heterocycles. The van der Waals surface area contributed by atoms with Crippen molar-refractivity contribution in [2.75, 3.05) is 18.5 Å². The summed E-state index contributed by atoms with van der Waals surface area (Å²) in [5.74, 6) is -1.21. The lowest BCUT2D eigenvalue weighted by molar-refractivity contribution is -0.141. The Hall–Kier alpha value is -3.49. The van der Waals surface area contributed by atoms with E-state index in [-0.39, 0.29) is 24.2 Å². The number of anilines is 2. The molecule has 0 aromatic heterocycles. The molecule has 0 aliphatic carbocycles. The molecule has 1 N–H and O–H groups in total. The van der Waals surface area contributed by atoms with Crippen LogP contribution in [-0.2, 0) is 16.1 Å². The van der Waals surface area contributed by atoms with Crippen molar-refractivity contribution in [1.29, 1.82) is 0 Å². The van der Waals surface area contributed by atoms with E-state index in [0.29, 0.717) is 47.1 Å². The number of ether oxygens (including phenoxy) is 4. The Balaban J connectivity index is 1.32. The van der Waals surface area contributed by atoms with Crippen molar-refractivity contribution in [1.82, 2.24) is 0 Å². The van der Waals surface area contributed by atoms with Crippen molar-refractivity contribution < 1.29 is 32.5 Å². The molecule has 2 heterocycles. The monoisotopic (exact) mass is 467 g/mol. The lowest BCUT2D eigenvalue weighted by atomic mass is 9.98. The number of hydrogen-bond donors (Lipinski definition) is 1. The normalized spacial score (nSPS) is 18.5. The number of carbonyl (C=O) groups is 1. The van der Waals surface area contributed by atoms with Gasteiger partial charge in [0.05, 0.1) is 17.9 Å². The van der Waals surface area contributed by atoms with Gasteiger partial charge in [-0.25, -0.2) is 8.78 Å². The van der Waals surface area contributed by atoms with Crippen molar-refractivity contribution in [2.24, 2.45) is 0 Å². The molecule has 0 spiro atoms. The zero-order valence-corrected chi connectivity index (χ0v) is 18.7. The van der Waals surface area contributed by atoms with E-state index < -0.39 is 17.4 Å². The van der Waals surface area contributed by atoms with Gasteiger partial charge < -0.3 is 24.3 Å². The number of benzene rings is 3. The van der Waals surface area contributed by atoms with E-state index in [1.807, 2.05) is 13.8 Å². The maximum absolute atomic E-state index is 14.0. The molecule has 0 unspecified atom stereocenters. The molecule has 1 atom stereocenters. The lowest BCUT2D eigenvalue weighted by Crippen LogP contribution is -2.25. The number of nitrogens with one attached hydrogen (secondary N) is 1. The summed E-state index contributed by atoms with van der Waals surface area (Å²) < 4.78 is 50.3. The maximum atomic E-state index is 14.0. The fourth-order valence-corrected chi connectivity index (χ4v) is 3.99. The molecule has 34 heavy (non-hydrogen) atoms. The van der Waals surface area contributed by atoms with E-state index in [2.05, 4.69) is 5.32 Å².